The fourth-order valence-electron chi connectivity index (χ4n) is 4.59. The number of hydrogen-bond donors (Lipinski definition) is 2. The lowest BCUT2D eigenvalue weighted by molar-refractivity contribution is 0.0254. The van der Waals surface area contributed by atoms with Gasteiger partial charge in [-0.1, -0.05) is 12.1 Å². The molecule has 2 aromatic carbocycles. The van der Waals surface area contributed by atoms with E-state index in [-0.39, 0.29) is 12.3 Å². The molecule has 2 saturated heterocycles. The van der Waals surface area contributed by atoms with E-state index < -0.39 is 0 Å². The van der Waals surface area contributed by atoms with E-state index in [1.165, 1.54) is 24.7 Å². The molecule has 0 bridgehead atoms. The Morgan fingerprint density at radius 2 is 1.89 bits per heavy atom. The van der Waals surface area contributed by atoms with Gasteiger partial charge in [0, 0.05) is 24.1 Å². The lowest BCUT2D eigenvalue weighted by Crippen LogP contribution is -2.29. The van der Waals surface area contributed by atoms with Gasteiger partial charge >= 0.3 is 0 Å². The zero-order chi connectivity index (χ0) is 25.3. The van der Waals surface area contributed by atoms with Gasteiger partial charge in [-0.2, -0.15) is 5.26 Å². The molecule has 0 amide bonds. The Bertz CT molecular complexity index is 1090. The van der Waals surface area contributed by atoms with E-state index in [0.717, 1.165) is 31.6 Å². The van der Waals surface area contributed by atoms with Gasteiger partial charge in [0.2, 0.25) is 0 Å². The van der Waals surface area contributed by atoms with Crippen molar-refractivity contribution in [3.8, 4) is 11.8 Å². The minimum absolute atomic E-state index is 0.0642. The van der Waals surface area contributed by atoms with Crippen LogP contribution in [0.25, 0.3) is 0 Å². The molecular weight excluding hydrogens is 452 g/mol. The van der Waals surface area contributed by atoms with Crippen molar-refractivity contribution in [3.63, 3.8) is 0 Å². The lowest BCUT2D eigenvalue weighted by Gasteiger charge is -2.29. The molecule has 0 saturated carbocycles. The van der Waals surface area contributed by atoms with E-state index in [1.54, 1.807) is 12.1 Å². The van der Waals surface area contributed by atoms with E-state index >= 15 is 0 Å². The molecule has 2 heterocycles. The molecule has 1 atom stereocenters. The van der Waals surface area contributed by atoms with Crippen LogP contribution in [0.5, 0.6) is 5.75 Å². The summed E-state index contributed by atoms with van der Waals surface area (Å²) in [5.41, 5.74) is 9.68. The van der Waals surface area contributed by atoms with E-state index in [9.17, 15) is 5.26 Å². The van der Waals surface area contributed by atoms with Gasteiger partial charge in [0.25, 0.3) is 0 Å². The second-order valence-electron chi connectivity index (χ2n) is 9.55. The first-order chi connectivity index (χ1) is 17.5. The number of hydrogen-bond acceptors (Lipinski definition) is 6. The van der Waals surface area contributed by atoms with Gasteiger partial charge in [0.1, 0.15) is 36.3 Å². The topological polar surface area (TPSA) is 108 Å². The first-order valence-electron chi connectivity index (χ1n) is 12.7. The summed E-state index contributed by atoms with van der Waals surface area (Å²) >= 11 is 0. The van der Waals surface area contributed by atoms with Crippen molar-refractivity contribution in [2.75, 3.05) is 38.7 Å². The number of nitriles is 1. The van der Waals surface area contributed by atoms with Crippen molar-refractivity contribution in [2.24, 2.45) is 15.7 Å². The van der Waals surface area contributed by atoms with Crippen LogP contribution in [0.4, 0.5) is 5.69 Å². The van der Waals surface area contributed by atoms with Crippen LogP contribution in [0.3, 0.4) is 0 Å². The fourth-order valence-corrected chi connectivity index (χ4v) is 4.59. The summed E-state index contributed by atoms with van der Waals surface area (Å²) in [6, 6.07) is 16.2. The molecule has 0 spiro atoms. The first kappa shape index (κ1) is 25.7. The molecule has 1 unspecified atom stereocenters. The molecule has 8 heteroatoms. The smallest absolute Gasteiger partial charge is 0.137 e. The SMILES string of the molecule is CC(N=CN=C(N)c1ccc(OC2CCOCC2)c(C#N)c1)Nc1ccc(C2CCN(C)CC2)cc1. The van der Waals surface area contributed by atoms with E-state index in [2.05, 4.69) is 57.6 Å². The Labute approximate surface area is 213 Å². The maximum Gasteiger partial charge on any atom is 0.137 e. The van der Waals surface area contributed by atoms with Gasteiger partial charge in [0.15, 0.2) is 0 Å². The predicted octanol–water partition coefficient (Wildman–Crippen LogP) is 4.12. The minimum Gasteiger partial charge on any atom is -0.489 e. The summed E-state index contributed by atoms with van der Waals surface area (Å²) in [7, 11) is 2.19. The molecule has 8 nitrogen and oxygen atoms in total. The van der Waals surface area contributed by atoms with Crippen molar-refractivity contribution in [1.29, 1.82) is 5.26 Å². The van der Waals surface area contributed by atoms with Crippen LogP contribution in [0, 0.1) is 11.3 Å². The Morgan fingerprint density at radius 1 is 1.17 bits per heavy atom. The average molecular weight is 489 g/mol. The largest absolute Gasteiger partial charge is 0.489 e. The van der Waals surface area contributed by atoms with Crippen LogP contribution in [0.15, 0.2) is 52.4 Å². The van der Waals surface area contributed by atoms with Crippen molar-refractivity contribution >= 4 is 17.9 Å². The Hall–Kier alpha value is -3.41. The number of piperidine rings is 1. The molecule has 2 aromatic rings. The highest BCUT2D eigenvalue weighted by Crippen LogP contribution is 2.28. The number of anilines is 1. The third-order valence-corrected chi connectivity index (χ3v) is 6.82. The third-order valence-electron chi connectivity index (χ3n) is 6.82. The second-order valence-corrected chi connectivity index (χ2v) is 9.55. The molecule has 2 aliphatic heterocycles. The molecule has 2 aliphatic rings. The number of likely N-dealkylation sites (tertiary alicyclic amines) is 1. The molecule has 4 rings (SSSR count). The normalized spacial score (nSPS) is 19.2. The van der Waals surface area contributed by atoms with Crippen molar-refractivity contribution in [1.82, 2.24) is 4.90 Å². The molecule has 3 N–H and O–H groups in total. The molecule has 2 fully saturated rings. The maximum absolute atomic E-state index is 9.57. The van der Waals surface area contributed by atoms with Crippen LogP contribution in [-0.2, 0) is 4.74 Å². The van der Waals surface area contributed by atoms with Crippen molar-refractivity contribution in [3.05, 3.63) is 59.2 Å². The first-order valence-corrected chi connectivity index (χ1v) is 12.7. The van der Waals surface area contributed by atoms with Crippen LogP contribution in [0.2, 0.25) is 0 Å². The summed E-state index contributed by atoms with van der Waals surface area (Å²) in [6.45, 7) is 5.64. The van der Waals surface area contributed by atoms with Crippen LogP contribution in [0.1, 0.15) is 55.2 Å². The van der Waals surface area contributed by atoms with Gasteiger partial charge in [0.05, 0.1) is 18.8 Å². The lowest BCUT2D eigenvalue weighted by atomic mass is 9.89. The molecule has 190 valence electrons. The highest BCUT2D eigenvalue weighted by Gasteiger charge is 2.19. The zero-order valence-corrected chi connectivity index (χ0v) is 21.2. The second kappa shape index (κ2) is 12.5. The number of nitrogens with zero attached hydrogens (tertiary/aromatic N) is 4. The van der Waals surface area contributed by atoms with E-state index in [4.69, 9.17) is 15.2 Å². The molecule has 0 aromatic heterocycles. The van der Waals surface area contributed by atoms with Gasteiger partial charge in [-0.3, -0.25) is 0 Å². The standard InChI is InChI=1S/C28H36N6O2/c1-20(33-25-6-3-21(4-7-25)22-9-13-34(2)14-10-22)31-19-32-28(30)23-5-8-27(24(17-23)18-29)36-26-11-15-35-16-12-26/h3-8,17,19-20,22,26,33H,9-16H2,1-2H3,(H2,30,31,32). The summed E-state index contributed by atoms with van der Waals surface area (Å²) in [6.07, 6.45) is 5.42. The van der Waals surface area contributed by atoms with Gasteiger partial charge in [-0.05, 0) is 81.7 Å². The minimum atomic E-state index is -0.166. The monoisotopic (exact) mass is 488 g/mol. The number of rotatable bonds is 8. The molecule has 0 aliphatic carbocycles. The average Bonchev–Trinajstić information content (AvgIpc) is 2.90. The number of ether oxygens (including phenoxy) is 2. The zero-order valence-electron chi connectivity index (χ0n) is 21.2. The summed E-state index contributed by atoms with van der Waals surface area (Å²) in [5, 5.41) is 12.9. The molecule has 36 heavy (non-hydrogen) atoms. The predicted molar refractivity (Wildman–Crippen MR) is 144 cm³/mol. The van der Waals surface area contributed by atoms with Crippen LogP contribution >= 0.6 is 0 Å². The van der Waals surface area contributed by atoms with Crippen LogP contribution in [-0.4, -0.2) is 62.7 Å². The van der Waals surface area contributed by atoms with Gasteiger partial charge in [-0.25, -0.2) is 9.98 Å². The highest BCUT2D eigenvalue weighted by molar-refractivity contribution is 6.01. The van der Waals surface area contributed by atoms with Gasteiger partial charge < -0.3 is 25.4 Å². The molecule has 0 radical (unpaired) electrons. The Balaban J connectivity index is 1.31. The third kappa shape index (κ3) is 7.06. The number of benzene rings is 2. The maximum atomic E-state index is 9.57. The number of nitrogens with one attached hydrogen (secondary N) is 1. The number of aliphatic imine (C=N–C) groups is 2. The summed E-state index contributed by atoms with van der Waals surface area (Å²) in [5.74, 6) is 1.50. The molecular formula is C28H36N6O2. The van der Waals surface area contributed by atoms with Crippen molar-refractivity contribution in [2.45, 2.75) is 50.8 Å². The number of nitrogens with two attached hydrogens (primary N) is 1. The Morgan fingerprint density at radius 3 is 2.58 bits per heavy atom. The van der Waals surface area contributed by atoms with E-state index in [1.807, 2.05) is 13.0 Å². The van der Waals surface area contributed by atoms with Gasteiger partial charge in [-0.15, -0.1) is 0 Å². The quantitative estimate of drug-likeness (QED) is 0.428. The number of amidine groups is 1. The van der Waals surface area contributed by atoms with Crippen LogP contribution < -0.4 is 15.8 Å². The highest BCUT2D eigenvalue weighted by atomic mass is 16.5. The summed E-state index contributed by atoms with van der Waals surface area (Å²) < 4.78 is 11.4. The van der Waals surface area contributed by atoms with E-state index in [0.29, 0.717) is 41.8 Å². The fraction of sp³-hybridized carbons (Fsp3) is 0.464. The Kier molecular flexibility index (Phi) is 8.93. The van der Waals surface area contributed by atoms with Crippen molar-refractivity contribution < 1.29 is 9.47 Å². The summed E-state index contributed by atoms with van der Waals surface area (Å²) in [4.78, 5) is 11.1.